The van der Waals surface area contributed by atoms with E-state index in [0.29, 0.717) is 19.6 Å². The van der Waals surface area contributed by atoms with Crippen molar-refractivity contribution in [3.8, 4) is 0 Å². The third kappa shape index (κ3) is 4.03. The standard InChI is InChI=1S/C7H13NO5S/c9-7(10)3-8-14(11,12)5-6-1-2-13-4-6/h6,8H,1-5H2,(H,9,10)/t6-/m1/s1. The van der Waals surface area contributed by atoms with E-state index in [1.165, 1.54) is 0 Å². The second kappa shape index (κ2) is 4.72. The number of carboxylic acids is 1. The molecule has 1 heterocycles. The van der Waals surface area contributed by atoms with Gasteiger partial charge >= 0.3 is 5.97 Å². The van der Waals surface area contributed by atoms with Gasteiger partial charge in [0, 0.05) is 6.61 Å². The van der Waals surface area contributed by atoms with Crippen molar-refractivity contribution in [3.05, 3.63) is 0 Å². The summed E-state index contributed by atoms with van der Waals surface area (Å²) in [5.74, 6) is -1.25. The summed E-state index contributed by atoms with van der Waals surface area (Å²) in [4.78, 5) is 10.1. The van der Waals surface area contributed by atoms with E-state index < -0.39 is 22.5 Å². The second-order valence-electron chi connectivity index (χ2n) is 3.23. The Bertz CT molecular complexity index is 293. The summed E-state index contributed by atoms with van der Waals surface area (Å²) in [5, 5.41) is 8.29. The van der Waals surface area contributed by atoms with E-state index in [-0.39, 0.29) is 11.7 Å². The number of rotatable bonds is 5. The van der Waals surface area contributed by atoms with Crippen molar-refractivity contribution in [1.29, 1.82) is 0 Å². The largest absolute Gasteiger partial charge is 0.480 e. The normalized spacial score (nSPS) is 22.4. The Kier molecular flexibility index (Phi) is 3.85. The van der Waals surface area contributed by atoms with Crippen LogP contribution in [-0.2, 0) is 19.6 Å². The monoisotopic (exact) mass is 223 g/mol. The van der Waals surface area contributed by atoms with Gasteiger partial charge in [-0.3, -0.25) is 4.79 Å². The number of carboxylic acid groups (broad SMARTS) is 1. The molecule has 1 aliphatic heterocycles. The molecule has 0 radical (unpaired) electrons. The van der Waals surface area contributed by atoms with Crippen LogP contribution in [0.25, 0.3) is 0 Å². The molecule has 82 valence electrons. The Morgan fingerprint density at radius 2 is 2.29 bits per heavy atom. The molecule has 0 aromatic rings. The summed E-state index contributed by atoms with van der Waals surface area (Å²) in [6.07, 6.45) is 0.716. The van der Waals surface area contributed by atoms with Crippen LogP contribution in [0.1, 0.15) is 6.42 Å². The van der Waals surface area contributed by atoms with Crippen LogP contribution < -0.4 is 4.72 Å². The fourth-order valence-electron chi connectivity index (χ4n) is 1.26. The summed E-state index contributed by atoms with van der Waals surface area (Å²) >= 11 is 0. The number of nitrogens with one attached hydrogen (secondary N) is 1. The fourth-order valence-corrected chi connectivity index (χ4v) is 2.60. The van der Waals surface area contributed by atoms with E-state index in [4.69, 9.17) is 9.84 Å². The lowest BCUT2D eigenvalue weighted by atomic mass is 10.2. The molecule has 0 spiro atoms. The lowest BCUT2D eigenvalue weighted by Gasteiger charge is -2.08. The zero-order valence-corrected chi connectivity index (χ0v) is 8.42. The van der Waals surface area contributed by atoms with Crippen LogP contribution in [0.4, 0.5) is 0 Å². The van der Waals surface area contributed by atoms with Gasteiger partial charge in [-0.25, -0.2) is 13.1 Å². The van der Waals surface area contributed by atoms with Gasteiger partial charge in [-0.2, -0.15) is 0 Å². The second-order valence-corrected chi connectivity index (χ2v) is 5.08. The zero-order chi connectivity index (χ0) is 10.6. The topological polar surface area (TPSA) is 92.7 Å². The van der Waals surface area contributed by atoms with Crippen LogP contribution in [-0.4, -0.2) is 45.0 Å². The molecule has 1 fully saturated rings. The fraction of sp³-hybridized carbons (Fsp3) is 0.857. The van der Waals surface area contributed by atoms with E-state index in [1.807, 2.05) is 4.72 Å². The molecule has 6 nitrogen and oxygen atoms in total. The minimum absolute atomic E-state index is 0.0127. The predicted molar refractivity (Wildman–Crippen MR) is 48.4 cm³/mol. The molecule has 0 bridgehead atoms. The number of sulfonamides is 1. The van der Waals surface area contributed by atoms with Crippen LogP contribution in [0.15, 0.2) is 0 Å². The highest BCUT2D eigenvalue weighted by Crippen LogP contribution is 2.13. The first-order valence-electron chi connectivity index (χ1n) is 4.26. The molecule has 0 saturated carbocycles. The van der Waals surface area contributed by atoms with E-state index in [0.717, 1.165) is 0 Å². The van der Waals surface area contributed by atoms with Crippen LogP contribution in [0, 0.1) is 5.92 Å². The van der Waals surface area contributed by atoms with Crippen molar-refractivity contribution < 1.29 is 23.1 Å². The number of hydrogen-bond acceptors (Lipinski definition) is 4. The molecular weight excluding hydrogens is 210 g/mol. The quantitative estimate of drug-likeness (QED) is 0.625. The summed E-state index contributed by atoms with van der Waals surface area (Å²) in [7, 11) is -3.47. The highest BCUT2D eigenvalue weighted by atomic mass is 32.2. The molecule has 2 N–H and O–H groups in total. The molecule has 0 amide bonds. The molecule has 0 aromatic carbocycles. The van der Waals surface area contributed by atoms with Crippen molar-refractivity contribution in [3.63, 3.8) is 0 Å². The van der Waals surface area contributed by atoms with Crippen molar-refractivity contribution in [2.24, 2.45) is 5.92 Å². The van der Waals surface area contributed by atoms with Gasteiger partial charge in [0.1, 0.15) is 6.54 Å². The molecule has 0 aromatic heterocycles. The lowest BCUT2D eigenvalue weighted by molar-refractivity contribution is -0.135. The molecule has 1 rings (SSSR count). The van der Waals surface area contributed by atoms with Crippen LogP contribution in [0.2, 0.25) is 0 Å². The Hall–Kier alpha value is -0.660. The highest BCUT2D eigenvalue weighted by molar-refractivity contribution is 7.89. The Morgan fingerprint density at radius 3 is 2.79 bits per heavy atom. The zero-order valence-electron chi connectivity index (χ0n) is 7.60. The van der Waals surface area contributed by atoms with Crippen LogP contribution in [0.3, 0.4) is 0 Å². The minimum atomic E-state index is -3.47. The molecular formula is C7H13NO5S. The third-order valence-electron chi connectivity index (χ3n) is 1.92. The molecule has 0 unspecified atom stereocenters. The van der Waals surface area contributed by atoms with Crippen molar-refractivity contribution in [1.82, 2.24) is 4.72 Å². The van der Waals surface area contributed by atoms with Gasteiger partial charge in [0.2, 0.25) is 10.0 Å². The number of ether oxygens (including phenoxy) is 1. The van der Waals surface area contributed by atoms with E-state index >= 15 is 0 Å². The maximum atomic E-state index is 11.3. The van der Waals surface area contributed by atoms with E-state index in [2.05, 4.69) is 0 Å². The van der Waals surface area contributed by atoms with Crippen molar-refractivity contribution in [2.75, 3.05) is 25.5 Å². The van der Waals surface area contributed by atoms with Gasteiger partial charge in [-0.15, -0.1) is 0 Å². The highest BCUT2D eigenvalue weighted by Gasteiger charge is 2.23. The average molecular weight is 223 g/mol. The Balaban J connectivity index is 2.36. The first kappa shape index (κ1) is 11.4. The smallest absolute Gasteiger partial charge is 0.318 e. The van der Waals surface area contributed by atoms with Gasteiger partial charge in [0.05, 0.1) is 12.4 Å². The van der Waals surface area contributed by atoms with E-state index in [9.17, 15) is 13.2 Å². The van der Waals surface area contributed by atoms with Gasteiger partial charge < -0.3 is 9.84 Å². The molecule has 0 aliphatic carbocycles. The minimum Gasteiger partial charge on any atom is -0.480 e. The summed E-state index contributed by atoms with van der Waals surface area (Å²) in [6, 6.07) is 0. The summed E-state index contributed by atoms with van der Waals surface area (Å²) < 4.78 is 29.5. The lowest BCUT2D eigenvalue weighted by Crippen LogP contribution is -2.33. The third-order valence-corrected chi connectivity index (χ3v) is 3.42. The van der Waals surface area contributed by atoms with Crippen LogP contribution in [0.5, 0.6) is 0 Å². The number of carbonyl (C=O) groups is 1. The SMILES string of the molecule is O=C(O)CNS(=O)(=O)C[C@@H]1CCOC1. The predicted octanol–water partition coefficient (Wildman–Crippen LogP) is -0.973. The van der Waals surface area contributed by atoms with Crippen molar-refractivity contribution in [2.45, 2.75) is 6.42 Å². The molecule has 1 aliphatic rings. The molecule has 7 heteroatoms. The van der Waals surface area contributed by atoms with Crippen molar-refractivity contribution >= 4 is 16.0 Å². The van der Waals surface area contributed by atoms with Gasteiger partial charge in [-0.1, -0.05) is 0 Å². The van der Waals surface area contributed by atoms with Gasteiger partial charge in [0.15, 0.2) is 0 Å². The molecule has 1 atom stereocenters. The first-order chi connectivity index (χ1) is 6.49. The van der Waals surface area contributed by atoms with E-state index in [1.54, 1.807) is 0 Å². The van der Waals surface area contributed by atoms with Gasteiger partial charge in [-0.05, 0) is 12.3 Å². The first-order valence-corrected chi connectivity index (χ1v) is 5.92. The van der Waals surface area contributed by atoms with Gasteiger partial charge in [0.25, 0.3) is 0 Å². The average Bonchev–Trinajstić information content (AvgIpc) is 2.53. The number of aliphatic carboxylic acids is 1. The molecule has 14 heavy (non-hydrogen) atoms. The Morgan fingerprint density at radius 1 is 1.57 bits per heavy atom. The summed E-state index contributed by atoms with van der Waals surface area (Å²) in [5.41, 5.74) is 0. The Labute approximate surface area is 82.3 Å². The molecule has 1 saturated heterocycles. The van der Waals surface area contributed by atoms with Crippen LogP contribution >= 0.6 is 0 Å². The maximum absolute atomic E-state index is 11.3. The number of hydrogen-bond donors (Lipinski definition) is 2. The maximum Gasteiger partial charge on any atom is 0.318 e. The summed E-state index contributed by atoms with van der Waals surface area (Å²) in [6.45, 7) is 0.461.